The molecule has 2 aliphatic rings. The van der Waals surface area contributed by atoms with Gasteiger partial charge in [-0.3, -0.25) is 52.7 Å². The molecule has 1 saturated heterocycles. The molecule has 2 aliphatic heterocycles. The monoisotopic (exact) mass is 1470 g/mol. The number of carbonyl (C=O) groups excluding carboxylic acids is 10. The van der Waals surface area contributed by atoms with Crippen LogP contribution in [0.1, 0.15) is 106 Å². The molecule has 2 bridgehead atoms. The van der Waals surface area contributed by atoms with Crippen molar-refractivity contribution in [3.8, 4) is 5.75 Å². The summed E-state index contributed by atoms with van der Waals surface area (Å²) in [5.41, 5.74) is 12.0. The zero-order chi connectivity index (χ0) is 75.0. The van der Waals surface area contributed by atoms with Crippen LogP contribution in [0.15, 0.2) is 110 Å². The van der Waals surface area contributed by atoms with Gasteiger partial charge in [-0.1, -0.05) is 36.4 Å². The second kappa shape index (κ2) is 35.4. The zero-order valence-corrected chi connectivity index (χ0v) is 59.7. The highest BCUT2D eigenvalue weighted by Crippen LogP contribution is 2.34. The number of rotatable bonds is 15. The minimum atomic E-state index is -2.16. The highest BCUT2D eigenvalue weighted by molar-refractivity contribution is 7.98. The number of phenolic OH excluding ortho intramolecular Hbond substituents is 1. The Morgan fingerprint density at radius 1 is 0.683 bits per heavy atom. The summed E-state index contributed by atoms with van der Waals surface area (Å²) >= 11 is 2.79. The number of primary amides is 1. The van der Waals surface area contributed by atoms with Crippen molar-refractivity contribution in [3.05, 3.63) is 155 Å². The number of aromatic nitrogens is 4. The van der Waals surface area contributed by atoms with Crippen molar-refractivity contribution in [2.45, 2.75) is 158 Å². The summed E-state index contributed by atoms with van der Waals surface area (Å²) < 4.78 is 30.1. The van der Waals surface area contributed by atoms with Crippen LogP contribution >= 0.6 is 23.5 Å². The number of H-pyrrole nitrogens is 3. The SMILES string of the molecule is C[C@H]1NC(=O)[C@H](CCCCN)NC(=O)CCSCc2cccc(c2)CSC[C@@H](C(N)=O)NC(=O)[C@]2(C)CCCN2C(=O)[C@H](Cc2ccc(O)cc2)NC(=O)[C@H](Cc2cnc[nH]2)NC(=O)[C@H](C(C)(C)C(=O)O)CC(=O)[C@H](Cc2c[nH]c3ccc(F)cc23)NC(=O)[C@H](Cc2c[nH]c3ccc(F)cc23)NC1=O. The molecule has 0 saturated carbocycles. The van der Waals surface area contributed by atoms with Gasteiger partial charge in [0, 0.05) is 114 Å². The number of carboxylic acid groups (broad SMARTS) is 1. The van der Waals surface area contributed by atoms with Crippen LogP contribution in [0.5, 0.6) is 5.75 Å². The summed E-state index contributed by atoms with van der Waals surface area (Å²) in [6, 6.07) is 10.8. The Labute approximate surface area is 606 Å². The number of ketones is 1. The number of Topliss-reactive ketones (excluding diaryl/α,β-unsaturated/α-hetero) is 1. The topological polar surface area (TPSA) is 428 Å². The van der Waals surface area contributed by atoms with E-state index in [1.165, 1.54) is 142 Å². The number of hydrogen-bond acceptors (Lipinski definition) is 16. The minimum Gasteiger partial charge on any atom is -0.508 e. The number of nitrogens with one attached hydrogen (secondary N) is 10. The first-order valence-electron chi connectivity index (χ1n) is 34.3. The Balaban J connectivity index is 1.09. The van der Waals surface area contributed by atoms with E-state index in [9.17, 15) is 43.4 Å². The number of carboxylic acids is 1. The Bertz CT molecular complexity index is 4290. The lowest BCUT2D eigenvalue weighted by molar-refractivity contribution is -0.155. The fourth-order valence-corrected chi connectivity index (χ4v) is 14.7. The standard InChI is InChI=1S/C73H88F2N14O13S2/c1-40-64(94)85-57(28-45-34-80-54-19-15-47(75)30-51(45)54)67(97)84-56(27-44-33-79-53-18-14-46(74)29-50(44)53)61(91)32-52(72(2,3)71(101)102)65(95)86-58(31-48-35-78-39-81-48)68(98)87-59(26-41-12-16-49(90)17-13-41)69(99)89-23-8-21-73(89,4)70(100)88-60(63(77)93)38-104-37-43-10-7-9-42(25-43)36-103-24-20-62(92)83-55(66(96)82-40)11-5-6-22-76/h7,9-10,12-19,25,29-30,33-35,39-40,52,55-60,79-80,90H,5-6,8,11,20-24,26-28,31-32,36-38,76H2,1-4H3,(H2,77,93)(H,78,81)(H,82,96)(H,83,92)(H,84,97)(H,85,94)(H,86,95)(H,87,98)(H,88,100)(H,101,102)/t40-,52-,55+,56+,57+,58+,59+,60+,73+/m1/s1. The number of halogens is 2. The molecule has 1 fully saturated rings. The largest absolute Gasteiger partial charge is 0.508 e. The van der Waals surface area contributed by atoms with Crippen molar-refractivity contribution in [1.82, 2.24) is 62.1 Å². The minimum absolute atomic E-state index is 0.00655. The van der Waals surface area contributed by atoms with Crippen LogP contribution in [0, 0.1) is 23.0 Å². The third-order valence-corrected chi connectivity index (χ3v) is 21.2. The van der Waals surface area contributed by atoms with E-state index in [-0.39, 0.29) is 73.2 Å². The lowest BCUT2D eigenvalue weighted by Gasteiger charge is -2.37. The number of imidazole rings is 1. The van der Waals surface area contributed by atoms with Crippen LogP contribution in [-0.2, 0) is 89.9 Å². The van der Waals surface area contributed by atoms with E-state index >= 15 is 28.4 Å². The van der Waals surface area contributed by atoms with Crippen LogP contribution in [0.2, 0.25) is 0 Å². The van der Waals surface area contributed by atoms with Crippen molar-refractivity contribution < 1.29 is 71.7 Å². The molecule has 9 amide bonds. The van der Waals surface area contributed by atoms with Crippen LogP contribution in [0.3, 0.4) is 0 Å². The molecule has 9 rings (SSSR count). The number of unbranched alkanes of at least 4 members (excludes halogenated alkanes) is 1. The number of aromatic amines is 3. The van der Waals surface area contributed by atoms with Crippen molar-refractivity contribution in [1.29, 1.82) is 0 Å². The van der Waals surface area contributed by atoms with E-state index in [1.54, 1.807) is 0 Å². The maximum Gasteiger partial charge on any atom is 0.309 e. The van der Waals surface area contributed by atoms with Crippen LogP contribution in [0.25, 0.3) is 21.8 Å². The normalized spacial score (nSPS) is 23.4. The van der Waals surface area contributed by atoms with Crippen LogP contribution in [0.4, 0.5) is 8.78 Å². The first kappa shape index (κ1) is 78.0. The zero-order valence-electron chi connectivity index (χ0n) is 58.0. The molecule has 0 spiro atoms. The smallest absolute Gasteiger partial charge is 0.309 e. The lowest BCUT2D eigenvalue weighted by Crippen LogP contribution is -2.63. The molecule has 31 heteroatoms. The summed E-state index contributed by atoms with van der Waals surface area (Å²) in [5, 5.41) is 40.9. The Morgan fingerprint density at radius 2 is 1.28 bits per heavy atom. The number of benzene rings is 4. The molecule has 554 valence electrons. The van der Waals surface area contributed by atoms with E-state index in [2.05, 4.69) is 57.2 Å². The van der Waals surface area contributed by atoms with Gasteiger partial charge >= 0.3 is 5.97 Å². The summed E-state index contributed by atoms with van der Waals surface area (Å²) in [4.78, 5) is 175. The number of thioether (sulfide) groups is 2. The quantitative estimate of drug-likeness (QED) is 0.0637. The molecular formula is C73H88F2N14O13S2. The summed E-state index contributed by atoms with van der Waals surface area (Å²) in [5.74, 6) is -12.1. The first-order chi connectivity index (χ1) is 49.6. The summed E-state index contributed by atoms with van der Waals surface area (Å²) in [6.07, 6.45) is 4.75. The molecule has 27 nitrogen and oxygen atoms in total. The second-order valence-corrected chi connectivity index (χ2v) is 29.3. The number of nitrogens with zero attached hydrogens (tertiary/aromatic N) is 2. The molecule has 3 aromatic heterocycles. The third-order valence-electron chi connectivity index (χ3n) is 19.1. The van der Waals surface area contributed by atoms with Gasteiger partial charge in [0.05, 0.1) is 23.7 Å². The Hall–Kier alpha value is -10.1. The molecule has 7 aromatic rings. The van der Waals surface area contributed by atoms with Crippen LogP contribution < -0.4 is 48.7 Å². The van der Waals surface area contributed by atoms with Gasteiger partial charge < -0.3 is 78.7 Å². The second-order valence-electron chi connectivity index (χ2n) is 27.1. The number of aromatic hydroxyl groups is 1. The average Bonchev–Trinajstić information content (AvgIpc) is 1.58. The molecule has 4 aromatic carbocycles. The average molecular weight is 1470 g/mol. The summed E-state index contributed by atoms with van der Waals surface area (Å²) in [7, 11) is 0. The Kier molecular flexibility index (Phi) is 26.5. The number of hydrogen-bond donors (Lipinski definition) is 14. The van der Waals surface area contributed by atoms with Gasteiger partial charge in [0.2, 0.25) is 53.2 Å². The number of nitrogens with two attached hydrogens (primary N) is 2. The van der Waals surface area contributed by atoms with Crippen molar-refractivity contribution in [2.75, 3.05) is 24.6 Å². The molecule has 16 N–H and O–H groups in total. The molecule has 104 heavy (non-hydrogen) atoms. The molecule has 0 unspecified atom stereocenters. The molecular weight excluding hydrogens is 1380 g/mol. The van der Waals surface area contributed by atoms with Gasteiger partial charge in [0.1, 0.15) is 59.2 Å². The molecule has 5 heterocycles. The Morgan fingerprint density at radius 3 is 1.89 bits per heavy atom. The number of carbonyl (C=O) groups is 11. The van der Waals surface area contributed by atoms with E-state index < -0.39 is 149 Å². The predicted molar refractivity (Wildman–Crippen MR) is 387 cm³/mol. The van der Waals surface area contributed by atoms with Gasteiger partial charge in [-0.2, -0.15) is 23.5 Å². The van der Waals surface area contributed by atoms with Gasteiger partial charge in [-0.15, -0.1) is 0 Å². The third kappa shape index (κ3) is 20.2. The predicted octanol–water partition coefficient (Wildman–Crippen LogP) is 4.29. The maximum atomic E-state index is 15.5. The molecule has 0 aliphatic carbocycles. The van der Waals surface area contributed by atoms with E-state index in [4.69, 9.17) is 11.5 Å². The van der Waals surface area contributed by atoms with Crippen molar-refractivity contribution in [2.24, 2.45) is 22.8 Å². The van der Waals surface area contributed by atoms with E-state index in [1.807, 2.05) is 24.3 Å². The van der Waals surface area contributed by atoms with Gasteiger partial charge in [0.25, 0.3) is 0 Å². The van der Waals surface area contributed by atoms with Gasteiger partial charge in [-0.25, -0.2) is 13.8 Å². The van der Waals surface area contributed by atoms with Crippen molar-refractivity contribution >= 4 is 110 Å². The lowest BCUT2D eigenvalue weighted by atomic mass is 9.74. The van der Waals surface area contributed by atoms with Crippen LogP contribution in [-0.4, -0.2) is 172 Å². The first-order valence-corrected chi connectivity index (χ1v) is 36.6. The highest BCUT2D eigenvalue weighted by Gasteiger charge is 2.49. The maximum absolute atomic E-state index is 15.5. The summed E-state index contributed by atoms with van der Waals surface area (Å²) in [6.45, 7) is 5.54. The fourth-order valence-electron chi connectivity index (χ4n) is 12.8. The number of fused-ring (bicyclic) bond motifs is 5. The number of aliphatic carboxylic acids is 1. The highest BCUT2D eigenvalue weighted by atomic mass is 32.2. The number of phenols is 1. The van der Waals surface area contributed by atoms with Gasteiger partial charge in [-0.05, 0) is 143 Å². The number of amides is 9. The molecule has 0 radical (unpaired) electrons. The fraction of sp³-hybridized carbons (Fsp3) is 0.425. The van der Waals surface area contributed by atoms with E-state index in [0.717, 1.165) is 11.1 Å². The molecule has 9 atom stereocenters. The van der Waals surface area contributed by atoms with Gasteiger partial charge in [0.15, 0.2) is 5.78 Å². The van der Waals surface area contributed by atoms with Crippen molar-refractivity contribution in [3.63, 3.8) is 0 Å². The van der Waals surface area contributed by atoms with E-state index in [0.29, 0.717) is 70.6 Å².